The molecule has 386 valence electrons. The van der Waals surface area contributed by atoms with Crippen molar-refractivity contribution in [3.63, 3.8) is 0 Å². The van der Waals surface area contributed by atoms with Crippen molar-refractivity contribution in [1.29, 1.82) is 0 Å². The first-order valence-electron chi connectivity index (χ1n) is 24.7. The van der Waals surface area contributed by atoms with E-state index in [1.165, 1.54) is 38.2 Å². The van der Waals surface area contributed by atoms with Crippen molar-refractivity contribution >= 4 is 41.1 Å². The average Bonchev–Trinajstić information content (AvgIpc) is 3.31. The molecule has 0 bridgehead atoms. The highest BCUT2D eigenvalue weighted by atomic mass is 16.6. The predicted molar refractivity (Wildman–Crippen MR) is 277 cm³/mol. The second-order valence-corrected chi connectivity index (χ2v) is 18.3. The van der Waals surface area contributed by atoms with Gasteiger partial charge in [0.15, 0.2) is 5.82 Å². The number of amides is 5. The van der Waals surface area contributed by atoms with E-state index in [1.54, 1.807) is 26.1 Å². The second kappa shape index (κ2) is 31.5. The molecule has 0 spiro atoms. The van der Waals surface area contributed by atoms with Crippen LogP contribution in [-0.2, 0) is 36.8 Å². The van der Waals surface area contributed by atoms with E-state index in [0.29, 0.717) is 47.7 Å². The molecule has 7 N–H and O–H groups in total. The smallest absolute Gasteiger partial charge is 0.407 e. The topological polar surface area (TPSA) is 271 Å². The van der Waals surface area contributed by atoms with E-state index in [4.69, 9.17) is 4.74 Å². The minimum atomic E-state index is -0.409. The van der Waals surface area contributed by atoms with E-state index in [1.807, 2.05) is 43.3 Å². The molecule has 19 heteroatoms. The molecule has 1 aromatic carbocycles. The number of pyridine rings is 1. The van der Waals surface area contributed by atoms with Crippen LogP contribution in [0.15, 0.2) is 54.7 Å². The summed E-state index contributed by atoms with van der Waals surface area (Å²) in [5, 5.41) is 38.3. The van der Waals surface area contributed by atoms with E-state index in [9.17, 15) is 24.0 Å². The van der Waals surface area contributed by atoms with E-state index >= 15 is 0 Å². The molecule has 5 amide bonds. The molecule has 3 heterocycles. The molecular formula is C52H77N13O6. The minimum absolute atomic E-state index is 0.0240. The first-order valence-corrected chi connectivity index (χ1v) is 24.7. The SMILES string of the molecule is CC(=O)Nc1ccc(-c2nnc(C)c3c2CCCCC(C(=O)NCCC(C)C)C3)cc1.CC(=O)Nc1ccc(-c2nnc(C)nn2)nc1.CN.CNC(=O)OC1/C=C/CC(C(=O)NCCC(C)C)CCC1. The van der Waals surface area contributed by atoms with Gasteiger partial charge in [-0.15, -0.1) is 25.5 Å². The quantitative estimate of drug-likeness (QED) is 0.0721. The maximum Gasteiger partial charge on any atom is 0.407 e. The molecule has 3 aromatic heterocycles. The van der Waals surface area contributed by atoms with Crippen LogP contribution in [0, 0.1) is 37.5 Å². The molecule has 3 unspecified atom stereocenters. The van der Waals surface area contributed by atoms with Gasteiger partial charge in [-0.3, -0.25) is 24.2 Å². The van der Waals surface area contributed by atoms with Crippen LogP contribution in [0.2, 0.25) is 0 Å². The number of benzene rings is 1. The van der Waals surface area contributed by atoms with E-state index in [2.05, 4.69) is 95.6 Å². The highest BCUT2D eigenvalue weighted by Crippen LogP contribution is 2.32. The standard InChI is InChI=1S/C25H34N4O2.C16H28N2O3.C10H10N6O.CH5N/c1-16(2)13-14-26-25(31)20-7-5-6-8-22-23(15-20)17(3)28-29-24(22)19-9-11-21(12-10-19)27-18(4)30;1-12(2)10-11-18-15(19)13-6-4-8-14(9-5-7-13)21-16(20)17-3;1-6-13-15-10(16-14-6)9-4-3-8(5-11-9)12-7(2)17;1-2/h9-12,16,20H,5-8,13-15H2,1-4H3,(H,26,31)(H,27,30);4,8,12-14H,5-7,9-11H2,1-3H3,(H,17,20)(H,18,19);3-5H,1-2H3,(H,12,17);2H2,1H3/b;8-4+;;. The van der Waals surface area contributed by atoms with Gasteiger partial charge in [-0.05, 0) is 138 Å². The Morgan fingerprint density at radius 2 is 1.30 bits per heavy atom. The molecule has 19 nitrogen and oxygen atoms in total. The Bertz CT molecular complexity index is 2310. The molecule has 2 aliphatic rings. The summed E-state index contributed by atoms with van der Waals surface area (Å²) in [6, 6.07) is 11.1. The van der Waals surface area contributed by atoms with Gasteiger partial charge in [0.25, 0.3) is 0 Å². The van der Waals surface area contributed by atoms with Crippen LogP contribution in [-0.4, -0.2) is 98.6 Å². The van der Waals surface area contributed by atoms with Crippen LogP contribution in [0.3, 0.4) is 0 Å². The Balaban J connectivity index is 0.000000291. The molecule has 4 aromatic rings. The zero-order valence-electron chi connectivity index (χ0n) is 43.4. The summed E-state index contributed by atoms with van der Waals surface area (Å²) in [4.78, 5) is 62.4. The fourth-order valence-corrected chi connectivity index (χ4v) is 7.71. The lowest BCUT2D eigenvalue weighted by Crippen LogP contribution is -2.34. The van der Waals surface area contributed by atoms with Crippen molar-refractivity contribution in [3.8, 4) is 22.8 Å². The summed E-state index contributed by atoms with van der Waals surface area (Å²) in [5.41, 5.74) is 11.6. The van der Waals surface area contributed by atoms with Gasteiger partial charge in [-0.25, -0.2) is 4.79 Å². The van der Waals surface area contributed by atoms with Gasteiger partial charge in [0.05, 0.1) is 23.3 Å². The zero-order chi connectivity index (χ0) is 52.3. The summed E-state index contributed by atoms with van der Waals surface area (Å²) in [6.45, 7) is 16.8. The number of hydrogen-bond donors (Lipinski definition) is 6. The molecule has 0 aliphatic heterocycles. The first-order chi connectivity index (χ1) is 34.0. The Kier molecular flexibility index (Phi) is 25.9. The number of rotatable bonds is 13. The number of aryl methyl sites for hydroxylation is 2. The van der Waals surface area contributed by atoms with Crippen molar-refractivity contribution in [1.82, 2.24) is 51.5 Å². The first kappa shape index (κ1) is 58.6. The molecule has 71 heavy (non-hydrogen) atoms. The number of alkyl carbamates (subject to hydrolysis) is 1. The van der Waals surface area contributed by atoms with Crippen LogP contribution in [0.5, 0.6) is 0 Å². The number of nitrogens with two attached hydrogens (primary N) is 1. The van der Waals surface area contributed by atoms with Gasteiger partial charge in [-0.1, -0.05) is 52.3 Å². The average molecular weight is 980 g/mol. The molecule has 0 radical (unpaired) electrons. The lowest BCUT2D eigenvalue weighted by Gasteiger charge is -2.24. The summed E-state index contributed by atoms with van der Waals surface area (Å²) < 4.78 is 5.23. The van der Waals surface area contributed by atoms with Crippen molar-refractivity contribution in [2.45, 2.75) is 132 Å². The normalized spacial score (nSPS) is 16.6. The molecule has 3 atom stereocenters. The lowest BCUT2D eigenvalue weighted by molar-refractivity contribution is -0.126. The lowest BCUT2D eigenvalue weighted by atomic mass is 9.84. The molecule has 0 saturated carbocycles. The van der Waals surface area contributed by atoms with Crippen LogP contribution in [0.1, 0.15) is 122 Å². The summed E-state index contributed by atoms with van der Waals surface area (Å²) in [6.07, 6.45) is 14.6. The number of carbonyl (C=O) groups is 5. The third-order valence-electron chi connectivity index (χ3n) is 11.5. The van der Waals surface area contributed by atoms with Gasteiger partial charge >= 0.3 is 6.09 Å². The Morgan fingerprint density at radius 3 is 1.87 bits per heavy atom. The molecule has 6 rings (SSSR count). The van der Waals surface area contributed by atoms with Crippen molar-refractivity contribution in [3.05, 3.63) is 77.4 Å². The Labute approximate surface area is 419 Å². The van der Waals surface area contributed by atoms with Crippen LogP contribution < -0.4 is 32.3 Å². The zero-order valence-corrected chi connectivity index (χ0v) is 43.4. The Morgan fingerprint density at radius 1 is 0.704 bits per heavy atom. The summed E-state index contributed by atoms with van der Waals surface area (Å²) in [5.74, 6) is 2.12. The maximum atomic E-state index is 12.9. The van der Waals surface area contributed by atoms with E-state index in [-0.39, 0.29) is 41.6 Å². The van der Waals surface area contributed by atoms with Gasteiger partial charge in [0, 0.05) is 57.1 Å². The minimum Gasteiger partial charge on any atom is -0.442 e. The van der Waals surface area contributed by atoms with Gasteiger partial charge in [-0.2, -0.15) is 5.10 Å². The number of allylic oxidation sites excluding steroid dienone is 1. The van der Waals surface area contributed by atoms with Crippen LogP contribution >= 0.6 is 0 Å². The Hall–Kier alpha value is -6.76. The molecular weight excluding hydrogens is 903 g/mol. The number of carbonyl (C=O) groups excluding carboxylic acids is 5. The number of anilines is 2. The largest absolute Gasteiger partial charge is 0.442 e. The fraction of sp³-hybridized carbons (Fsp3) is 0.538. The van der Waals surface area contributed by atoms with Crippen molar-refractivity contribution in [2.75, 3.05) is 37.8 Å². The number of aromatic nitrogens is 7. The number of fused-ring (bicyclic) bond motifs is 1. The van der Waals surface area contributed by atoms with Gasteiger partial charge < -0.3 is 37.1 Å². The highest BCUT2D eigenvalue weighted by molar-refractivity contribution is 5.89. The third kappa shape index (κ3) is 21.4. The van der Waals surface area contributed by atoms with Gasteiger partial charge in [0.2, 0.25) is 29.5 Å². The molecule has 0 saturated heterocycles. The summed E-state index contributed by atoms with van der Waals surface area (Å²) in [7, 11) is 3.05. The number of nitrogens with one attached hydrogen (secondary N) is 5. The number of hydrogen-bond acceptors (Lipinski definition) is 14. The predicted octanol–water partition coefficient (Wildman–Crippen LogP) is 7.25. The fourth-order valence-electron chi connectivity index (χ4n) is 7.71. The van der Waals surface area contributed by atoms with Crippen molar-refractivity contribution in [2.24, 2.45) is 29.4 Å². The van der Waals surface area contributed by atoms with Crippen LogP contribution in [0.25, 0.3) is 22.8 Å². The summed E-state index contributed by atoms with van der Waals surface area (Å²) >= 11 is 0. The molecule has 0 fully saturated rings. The monoisotopic (exact) mass is 980 g/mol. The van der Waals surface area contributed by atoms with Crippen molar-refractivity contribution < 1.29 is 28.7 Å². The van der Waals surface area contributed by atoms with E-state index in [0.717, 1.165) is 93.5 Å². The highest BCUT2D eigenvalue weighted by Gasteiger charge is 2.26. The second-order valence-electron chi connectivity index (χ2n) is 18.3. The van der Waals surface area contributed by atoms with Crippen LogP contribution in [0.4, 0.5) is 16.2 Å². The number of ether oxygens (including phenoxy) is 1. The maximum absolute atomic E-state index is 12.9. The molecule has 2 aliphatic carbocycles. The third-order valence-corrected chi connectivity index (χ3v) is 11.5. The van der Waals surface area contributed by atoms with Gasteiger partial charge in [0.1, 0.15) is 11.8 Å². The number of nitrogens with zero attached hydrogens (tertiary/aromatic N) is 7. The van der Waals surface area contributed by atoms with E-state index < -0.39 is 6.09 Å².